The van der Waals surface area contributed by atoms with Gasteiger partial charge in [-0.3, -0.25) is 19.3 Å². The summed E-state index contributed by atoms with van der Waals surface area (Å²) in [4.78, 5) is 34.9. The highest BCUT2D eigenvalue weighted by atomic mass is 16.6. The number of ether oxygens (including phenoxy) is 4. The minimum Gasteiger partial charge on any atom is -0.487 e. The molecule has 0 saturated heterocycles. The van der Waals surface area contributed by atoms with Crippen LogP contribution >= 0.6 is 0 Å². The van der Waals surface area contributed by atoms with Gasteiger partial charge in [0.05, 0.1) is 0 Å². The normalized spacial score (nSPS) is 17.4. The molecule has 1 aromatic rings. The van der Waals surface area contributed by atoms with E-state index < -0.39 is 5.91 Å². The molecule has 0 unspecified atom stereocenters. The highest BCUT2D eigenvalue weighted by Crippen LogP contribution is 2.45. The van der Waals surface area contributed by atoms with Crippen molar-refractivity contribution in [2.45, 2.75) is 132 Å². The van der Waals surface area contributed by atoms with E-state index >= 15 is 0 Å². The number of hydrogen-bond donors (Lipinski definition) is 0. The first-order valence-electron chi connectivity index (χ1n) is 16.2. The average Bonchev–Trinajstić information content (AvgIpc) is 2.95. The quantitative estimate of drug-likeness (QED) is 0.106. The zero-order chi connectivity index (χ0) is 32.0. The minimum atomic E-state index is -0.466. The second-order valence-electron chi connectivity index (χ2n) is 13.4. The van der Waals surface area contributed by atoms with Gasteiger partial charge in [-0.25, -0.2) is 0 Å². The van der Waals surface area contributed by atoms with Gasteiger partial charge in [0.25, 0.3) is 18.9 Å². The third kappa shape index (κ3) is 11.7. The van der Waals surface area contributed by atoms with Crippen molar-refractivity contribution in [3.8, 4) is 11.5 Å². The summed E-state index contributed by atoms with van der Waals surface area (Å²) in [7, 11) is 0. The Balaban J connectivity index is 1.91. The molecule has 43 heavy (non-hydrogen) atoms. The molecule has 0 aliphatic carbocycles. The second-order valence-corrected chi connectivity index (χ2v) is 13.4. The Labute approximate surface area is 260 Å². The highest BCUT2D eigenvalue weighted by Gasteiger charge is 2.34. The summed E-state index contributed by atoms with van der Waals surface area (Å²) in [6.45, 7) is 17.2. The molecule has 8 heteroatoms. The van der Waals surface area contributed by atoms with Crippen LogP contribution in [0.25, 0.3) is 0 Å². The molecule has 0 aromatic heterocycles. The maximum Gasteiger partial charge on any atom is 0.294 e. The van der Waals surface area contributed by atoms with Crippen molar-refractivity contribution in [2.24, 2.45) is 17.8 Å². The molecule has 3 atom stereocenters. The van der Waals surface area contributed by atoms with Crippen molar-refractivity contribution in [1.29, 1.82) is 0 Å². The van der Waals surface area contributed by atoms with Crippen LogP contribution < -0.4 is 9.47 Å². The zero-order valence-electron chi connectivity index (χ0n) is 28.1. The monoisotopic (exact) mass is 603 g/mol. The van der Waals surface area contributed by atoms with Crippen molar-refractivity contribution in [1.82, 2.24) is 4.90 Å². The lowest BCUT2D eigenvalue weighted by molar-refractivity contribution is -0.154. The number of nitrogens with zero attached hydrogens (tertiary/aromatic N) is 1. The third-order valence-electron chi connectivity index (χ3n) is 9.13. The van der Waals surface area contributed by atoms with Gasteiger partial charge in [-0.05, 0) is 87.8 Å². The van der Waals surface area contributed by atoms with E-state index in [1.807, 2.05) is 20.8 Å². The summed E-state index contributed by atoms with van der Waals surface area (Å²) < 4.78 is 22.1. The van der Waals surface area contributed by atoms with Gasteiger partial charge in [0.1, 0.15) is 17.1 Å². The van der Waals surface area contributed by atoms with Gasteiger partial charge in [0, 0.05) is 5.56 Å². The molecule has 0 fully saturated rings. The van der Waals surface area contributed by atoms with E-state index in [9.17, 15) is 14.4 Å². The number of hydrogen-bond acceptors (Lipinski definition) is 7. The molecular formula is C35H57NO7. The van der Waals surface area contributed by atoms with Crippen molar-refractivity contribution in [3.05, 3.63) is 22.3 Å². The van der Waals surface area contributed by atoms with E-state index in [-0.39, 0.29) is 38.6 Å². The van der Waals surface area contributed by atoms with Gasteiger partial charge in [0.2, 0.25) is 0 Å². The summed E-state index contributed by atoms with van der Waals surface area (Å²) in [5.41, 5.74) is 3.86. The number of benzene rings is 1. The topological polar surface area (TPSA) is 91.4 Å². The van der Waals surface area contributed by atoms with Gasteiger partial charge < -0.3 is 18.9 Å². The molecule has 0 bridgehead atoms. The maximum atomic E-state index is 12.7. The zero-order valence-corrected chi connectivity index (χ0v) is 28.1. The van der Waals surface area contributed by atoms with Gasteiger partial charge in [-0.15, -0.1) is 0 Å². The number of rotatable bonds is 21. The Hall–Kier alpha value is -2.77. The molecule has 0 N–H and O–H groups in total. The Morgan fingerprint density at radius 1 is 0.860 bits per heavy atom. The van der Waals surface area contributed by atoms with E-state index in [2.05, 4.69) is 44.1 Å². The van der Waals surface area contributed by atoms with Crippen LogP contribution in [0.1, 0.15) is 121 Å². The summed E-state index contributed by atoms with van der Waals surface area (Å²) in [5.74, 6) is 3.53. The molecule has 0 spiro atoms. The SMILES string of the molecule is Cc1c(C)c2c(c(C)c1OCC(=O)N(COC=O)COC=O)CC[C@@](C)(CCC[C@H](C)CCC[C@H](C)CCCC(C)C)O2. The lowest BCUT2D eigenvalue weighted by Crippen LogP contribution is -2.38. The van der Waals surface area contributed by atoms with E-state index in [0.717, 1.165) is 76.3 Å². The molecule has 1 aliphatic heterocycles. The van der Waals surface area contributed by atoms with Crippen LogP contribution in [0.2, 0.25) is 0 Å². The van der Waals surface area contributed by atoms with Crippen LogP contribution in [-0.2, 0) is 30.3 Å². The molecular weight excluding hydrogens is 546 g/mol. The fraction of sp³-hybridized carbons (Fsp3) is 0.743. The molecule has 1 aliphatic rings. The smallest absolute Gasteiger partial charge is 0.294 e. The second kappa shape index (κ2) is 18.1. The molecule has 1 aromatic carbocycles. The molecule has 8 nitrogen and oxygen atoms in total. The van der Waals surface area contributed by atoms with Gasteiger partial charge in [-0.2, -0.15) is 0 Å². The van der Waals surface area contributed by atoms with Crippen LogP contribution in [0.15, 0.2) is 0 Å². The number of fused-ring (bicyclic) bond motifs is 1. The third-order valence-corrected chi connectivity index (χ3v) is 9.13. The van der Waals surface area contributed by atoms with Crippen LogP contribution in [0.4, 0.5) is 0 Å². The summed E-state index contributed by atoms with van der Waals surface area (Å²) in [5, 5.41) is 0. The fourth-order valence-electron chi connectivity index (χ4n) is 6.12. The van der Waals surface area contributed by atoms with Gasteiger partial charge >= 0.3 is 0 Å². The van der Waals surface area contributed by atoms with Crippen LogP contribution in [0.5, 0.6) is 11.5 Å². The lowest BCUT2D eigenvalue weighted by Gasteiger charge is -2.38. The first-order valence-corrected chi connectivity index (χ1v) is 16.2. The van der Waals surface area contributed by atoms with E-state index in [4.69, 9.17) is 9.47 Å². The molecule has 244 valence electrons. The van der Waals surface area contributed by atoms with Crippen LogP contribution in [0.3, 0.4) is 0 Å². The number of carbonyl (C=O) groups excluding carboxylic acids is 3. The van der Waals surface area contributed by atoms with Crippen LogP contribution in [0, 0.1) is 38.5 Å². The van der Waals surface area contributed by atoms with Crippen molar-refractivity contribution >= 4 is 18.9 Å². The first kappa shape index (κ1) is 36.4. The van der Waals surface area contributed by atoms with E-state index in [0.29, 0.717) is 5.75 Å². The predicted octanol–water partition coefficient (Wildman–Crippen LogP) is 7.60. The molecule has 1 heterocycles. The summed E-state index contributed by atoms with van der Waals surface area (Å²) >= 11 is 0. The number of carbonyl (C=O) groups is 3. The molecule has 2 rings (SSSR count). The Morgan fingerprint density at radius 2 is 1.42 bits per heavy atom. The Bertz CT molecular complexity index is 1030. The Kier molecular flexibility index (Phi) is 15.4. The van der Waals surface area contributed by atoms with Crippen molar-refractivity contribution in [3.63, 3.8) is 0 Å². The molecule has 0 saturated carbocycles. The molecule has 0 radical (unpaired) electrons. The standard InChI is InChI=1S/C35H57NO7/c1-25(2)12-9-13-26(3)14-10-15-27(4)16-11-18-35(8)19-17-31-30(7)33(28(5)29(6)34(31)43-35)42-20-32(39)36(21-40-23-37)22-41-24-38/h23-27H,9-22H2,1-8H3/t26-,27-,35-/m1/s1. The summed E-state index contributed by atoms with van der Waals surface area (Å²) in [6, 6.07) is 0. The average molecular weight is 604 g/mol. The minimum absolute atomic E-state index is 0.197. The highest BCUT2D eigenvalue weighted by molar-refractivity contribution is 5.78. The largest absolute Gasteiger partial charge is 0.487 e. The van der Waals surface area contributed by atoms with Crippen molar-refractivity contribution in [2.75, 3.05) is 20.1 Å². The van der Waals surface area contributed by atoms with E-state index in [1.165, 1.54) is 44.9 Å². The molecule has 1 amide bonds. The summed E-state index contributed by atoms with van der Waals surface area (Å²) in [6.07, 6.45) is 13.3. The number of amides is 1. The van der Waals surface area contributed by atoms with Gasteiger partial charge in [-0.1, -0.05) is 72.6 Å². The fourth-order valence-corrected chi connectivity index (χ4v) is 6.12. The van der Waals surface area contributed by atoms with E-state index in [1.54, 1.807) is 0 Å². The van der Waals surface area contributed by atoms with Gasteiger partial charge in [0.15, 0.2) is 20.1 Å². The van der Waals surface area contributed by atoms with Crippen molar-refractivity contribution < 1.29 is 33.3 Å². The lowest BCUT2D eigenvalue weighted by atomic mass is 9.83. The Morgan fingerprint density at radius 3 is 1.98 bits per heavy atom. The van der Waals surface area contributed by atoms with Crippen LogP contribution in [-0.4, -0.2) is 49.4 Å². The predicted molar refractivity (Wildman–Crippen MR) is 169 cm³/mol. The maximum absolute atomic E-state index is 12.7. The first-order chi connectivity index (χ1) is 20.4.